The molecule has 1 fully saturated rings. The second kappa shape index (κ2) is 8.24. The van der Waals surface area contributed by atoms with Gasteiger partial charge < -0.3 is 20.1 Å². The third-order valence-corrected chi connectivity index (χ3v) is 4.67. The van der Waals surface area contributed by atoms with Crippen LogP contribution < -0.4 is 15.4 Å². The van der Waals surface area contributed by atoms with Crippen LogP contribution in [-0.2, 0) is 4.74 Å². The van der Waals surface area contributed by atoms with Crippen molar-refractivity contribution in [3.05, 3.63) is 65.9 Å². The number of benzene rings is 2. The van der Waals surface area contributed by atoms with Crippen molar-refractivity contribution in [1.82, 2.24) is 15.5 Å². The van der Waals surface area contributed by atoms with Gasteiger partial charge in [-0.1, -0.05) is 24.3 Å². The maximum atomic E-state index is 12.6. The van der Waals surface area contributed by atoms with Crippen molar-refractivity contribution in [2.75, 3.05) is 32.1 Å². The monoisotopic (exact) mass is 378 g/mol. The summed E-state index contributed by atoms with van der Waals surface area (Å²) in [6.07, 6.45) is 0.0505. The molecule has 0 radical (unpaired) electrons. The van der Waals surface area contributed by atoms with Gasteiger partial charge in [0.05, 0.1) is 25.5 Å². The van der Waals surface area contributed by atoms with Gasteiger partial charge in [0, 0.05) is 24.3 Å². The van der Waals surface area contributed by atoms with E-state index >= 15 is 0 Å². The number of hydrogen-bond acceptors (Lipinski definition) is 5. The predicted octanol–water partition coefficient (Wildman–Crippen LogP) is 3.00. The molecule has 144 valence electrons. The van der Waals surface area contributed by atoms with E-state index < -0.39 is 0 Å². The van der Waals surface area contributed by atoms with Crippen LogP contribution in [0.5, 0.6) is 5.75 Å². The molecule has 7 nitrogen and oxygen atoms in total. The number of amides is 1. The van der Waals surface area contributed by atoms with Crippen molar-refractivity contribution in [1.29, 1.82) is 0 Å². The molecule has 0 bridgehead atoms. The quantitative estimate of drug-likeness (QED) is 0.635. The molecule has 1 amide bonds. The van der Waals surface area contributed by atoms with Crippen molar-refractivity contribution in [2.24, 2.45) is 0 Å². The van der Waals surface area contributed by atoms with Gasteiger partial charge in [-0.15, -0.1) is 0 Å². The number of carbonyl (C=O) groups excluding carboxylic acids is 1. The number of aromatic nitrogens is 2. The zero-order valence-electron chi connectivity index (χ0n) is 15.6. The van der Waals surface area contributed by atoms with Crippen LogP contribution in [0.1, 0.15) is 22.2 Å². The fraction of sp³-hybridized carbons (Fsp3) is 0.238. The van der Waals surface area contributed by atoms with Gasteiger partial charge in [-0.3, -0.25) is 9.89 Å². The number of nitrogens with zero attached hydrogens (tertiary/aromatic N) is 1. The Balaban J connectivity index is 1.45. The van der Waals surface area contributed by atoms with E-state index in [0.29, 0.717) is 29.4 Å². The highest BCUT2D eigenvalue weighted by Gasteiger charge is 2.16. The van der Waals surface area contributed by atoms with Gasteiger partial charge in [-0.25, -0.2) is 0 Å². The number of para-hydroxylation sites is 1. The smallest absolute Gasteiger partial charge is 0.273 e. The number of methoxy groups -OCH3 is 1. The van der Waals surface area contributed by atoms with E-state index in [1.165, 1.54) is 0 Å². The SMILES string of the molecule is COc1ccccc1-c1cc(C(=O)Nc2ccc([C@H]3CNCCO3)cc2)[nH]n1. The van der Waals surface area contributed by atoms with Gasteiger partial charge in [0.2, 0.25) is 0 Å². The highest BCUT2D eigenvalue weighted by atomic mass is 16.5. The lowest BCUT2D eigenvalue weighted by Crippen LogP contribution is -2.33. The van der Waals surface area contributed by atoms with Gasteiger partial charge in [-0.05, 0) is 35.9 Å². The maximum absolute atomic E-state index is 12.6. The molecule has 1 atom stereocenters. The number of nitrogens with one attached hydrogen (secondary N) is 3. The molecule has 2 heterocycles. The summed E-state index contributed by atoms with van der Waals surface area (Å²) in [7, 11) is 1.61. The van der Waals surface area contributed by atoms with Crippen LogP contribution in [0.25, 0.3) is 11.3 Å². The van der Waals surface area contributed by atoms with E-state index in [1.807, 2.05) is 48.5 Å². The summed E-state index contributed by atoms with van der Waals surface area (Å²) in [5.41, 5.74) is 3.66. The van der Waals surface area contributed by atoms with E-state index in [2.05, 4.69) is 20.8 Å². The second-order valence-electron chi connectivity index (χ2n) is 6.51. The standard InChI is InChI=1S/C21H22N4O3/c1-27-19-5-3-2-4-16(19)17-12-18(25-24-17)21(26)23-15-8-6-14(7-9-15)20-13-22-10-11-28-20/h2-9,12,20,22H,10-11,13H2,1H3,(H,23,26)(H,24,25)/t20-/m1/s1. The zero-order chi connectivity index (χ0) is 19.3. The molecular weight excluding hydrogens is 356 g/mol. The summed E-state index contributed by atoms with van der Waals surface area (Å²) in [6.45, 7) is 2.38. The summed E-state index contributed by atoms with van der Waals surface area (Å²) < 4.78 is 11.1. The molecule has 1 aromatic heterocycles. The van der Waals surface area contributed by atoms with E-state index in [9.17, 15) is 4.79 Å². The summed E-state index contributed by atoms with van der Waals surface area (Å²) in [6, 6.07) is 17.0. The second-order valence-corrected chi connectivity index (χ2v) is 6.51. The van der Waals surface area contributed by atoms with E-state index in [0.717, 1.165) is 24.2 Å². The number of anilines is 1. The average Bonchev–Trinajstić information content (AvgIpc) is 3.25. The van der Waals surface area contributed by atoms with Gasteiger partial charge in [-0.2, -0.15) is 5.10 Å². The minimum absolute atomic E-state index is 0.0505. The average molecular weight is 378 g/mol. The Bertz CT molecular complexity index is 946. The first-order chi connectivity index (χ1) is 13.7. The first kappa shape index (κ1) is 18.2. The van der Waals surface area contributed by atoms with Gasteiger partial charge in [0.15, 0.2) is 0 Å². The van der Waals surface area contributed by atoms with Crippen LogP contribution >= 0.6 is 0 Å². The molecule has 0 aliphatic carbocycles. The molecule has 2 aromatic carbocycles. The Morgan fingerprint density at radius 2 is 2.04 bits per heavy atom. The Morgan fingerprint density at radius 3 is 2.79 bits per heavy atom. The van der Waals surface area contributed by atoms with Crippen LogP contribution in [0, 0.1) is 0 Å². The largest absolute Gasteiger partial charge is 0.496 e. The van der Waals surface area contributed by atoms with Crippen molar-refractivity contribution in [2.45, 2.75) is 6.10 Å². The number of H-pyrrole nitrogens is 1. The zero-order valence-corrected chi connectivity index (χ0v) is 15.6. The molecule has 1 saturated heterocycles. The Hall–Kier alpha value is -3.16. The van der Waals surface area contributed by atoms with Crippen LogP contribution in [0.4, 0.5) is 5.69 Å². The Morgan fingerprint density at radius 1 is 1.21 bits per heavy atom. The minimum atomic E-state index is -0.253. The first-order valence-corrected chi connectivity index (χ1v) is 9.17. The van der Waals surface area contributed by atoms with E-state index in [4.69, 9.17) is 9.47 Å². The van der Waals surface area contributed by atoms with E-state index in [-0.39, 0.29) is 12.0 Å². The van der Waals surface area contributed by atoms with Gasteiger partial charge in [0.1, 0.15) is 11.4 Å². The lowest BCUT2D eigenvalue weighted by molar-refractivity contribution is 0.0277. The third-order valence-electron chi connectivity index (χ3n) is 4.67. The molecule has 0 unspecified atom stereocenters. The number of ether oxygens (including phenoxy) is 2. The van der Waals surface area contributed by atoms with Crippen LogP contribution in [0.3, 0.4) is 0 Å². The highest BCUT2D eigenvalue weighted by Crippen LogP contribution is 2.28. The first-order valence-electron chi connectivity index (χ1n) is 9.17. The summed E-state index contributed by atoms with van der Waals surface area (Å²) in [5, 5.41) is 13.2. The molecule has 1 aliphatic rings. The molecule has 3 N–H and O–H groups in total. The Kier molecular flexibility index (Phi) is 5.36. The van der Waals surface area contributed by atoms with Crippen molar-refractivity contribution >= 4 is 11.6 Å². The molecule has 28 heavy (non-hydrogen) atoms. The molecule has 1 aliphatic heterocycles. The fourth-order valence-electron chi connectivity index (χ4n) is 3.19. The van der Waals surface area contributed by atoms with E-state index in [1.54, 1.807) is 13.2 Å². The van der Waals surface area contributed by atoms with Gasteiger partial charge >= 0.3 is 0 Å². The molecule has 4 rings (SSSR count). The van der Waals surface area contributed by atoms with Crippen LogP contribution in [0.15, 0.2) is 54.6 Å². The van der Waals surface area contributed by atoms with Gasteiger partial charge in [0.25, 0.3) is 5.91 Å². The topological polar surface area (TPSA) is 88.3 Å². The predicted molar refractivity (Wildman–Crippen MR) is 107 cm³/mol. The van der Waals surface area contributed by atoms with Crippen molar-refractivity contribution in [3.63, 3.8) is 0 Å². The van der Waals surface area contributed by atoms with Crippen LogP contribution in [0.2, 0.25) is 0 Å². The highest BCUT2D eigenvalue weighted by molar-refractivity contribution is 6.03. The molecule has 7 heteroatoms. The number of aromatic amines is 1. The molecule has 0 saturated carbocycles. The third kappa shape index (κ3) is 3.90. The number of carbonyl (C=O) groups is 1. The maximum Gasteiger partial charge on any atom is 0.273 e. The molecule has 0 spiro atoms. The number of hydrogen-bond donors (Lipinski definition) is 3. The summed E-state index contributed by atoms with van der Waals surface area (Å²) >= 11 is 0. The lowest BCUT2D eigenvalue weighted by atomic mass is 10.1. The number of morpholine rings is 1. The fourth-order valence-corrected chi connectivity index (χ4v) is 3.19. The minimum Gasteiger partial charge on any atom is -0.496 e. The Labute approximate surface area is 163 Å². The van der Waals surface area contributed by atoms with Crippen molar-refractivity contribution < 1.29 is 14.3 Å². The summed E-state index contributed by atoms with van der Waals surface area (Å²) in [4.78, 5) is 12.6. The lowest BCUT2D eigenvalue weighted by Gasteiger charge is -2.24. The summed E-state index contributed by atoms with van der Waals surface area (Å²) in [5.74, 6) is 0.452. The number of rotatable bonds is 5. The normalized spacial score (nSPS) is 16.5. The molecule has 3 aromatic rings. The van der Waals surface area contributed by atoms with Crippen molar-refractivity contribution in [3.8, 4) is 17.0 Å². The molecular formula is C21H22N4O3. The van der Waals surface area contributed by atoms with Crippen LogP contribution in [-0.4, -0.2) is 42.9 Å².